The lowest BCUT2D eigenvalue weighted by atomic mass is 9.89. The number of carboxylic acid groups (broad SMARTS) is 1. The Morgan fingerprint density at radius 2 is 1.75 bits per heavy atom. The zero-order valence-electron chi connectivity index (χ0n) is 24.4. The average molecular weight is 632 g/mol. The number of anilines is 1. The SMILES string of the molecule is CC[C@@H](c1ccccc1)N1Cc2cc3c(cc2CC1C(=O)O)N(C)C(=O)[C@H](c1ccc(OCc2ccc(Cl)c(Cl)c2)cc1)O3. The smallest absolute Gasteiger partial charge is 0.321 e. The predicted octanol–water partition coefficient (Wildman–Crippen LogP) is 7.63. The second-order valence-corrected chi connectivity index (χ2v) is 12.0. The molecule has 0 saturated carbocycles. The van der Waals surface area contributed by atoms with Crippen molar-refractivity contribution in [1.29, 1.82) is 0 Å². The molecule has 1 amide bonds. The molecular formula is C35H32Cl2N2O5. The molecule has 44 heavy (non-hydrogen) atoms. The summed E-state index contributed by atoms with van der Waals surface area (Å²) in [6, 6.07) is 25.8. The van der Waals surface area contributed by atoms with E-state index in [1.54, 1.807) is 24.1 Å². The first-order chi connectivity index (χ1) is 21.2. The molecule has 0 aromatic heterocycles. The van der Waals surface area contributed by atoms with E-state index in [0.717, 1.165) is 28.7 Å². The van der Waals surface area contributed by atoms with Crippen LogP contribution >= 0.6 is 23.2 Å². The van der Waals surface area contributed by atoms with Crippen molar-refractivity contribution >= 4 is 40.8 Å². The lowest BCUT2D eigenvalue weighted by Gasteiger charge is -2.41. The van der Waals surface area contributed by atoms with Crippen LogP contribution < -0.4 is 14.4 Å². The van der Waals surface area contributed by atoms with Crippen LogP contribution in [0.3, 0.4) is 0 Å². The second kappa shape index (κ2) is 12.5. The van der Waals surface area contributed by atoms with Gasteiger partial charge in [0.1, 0.15) is 24.1 Å². The van der Waals surface area contributed by atoms with Gasteiger partial charge < -0.3 is 19.5 Å². The Morgan fingerprint density at radius 1 is 1.00 bits per heavy atom. The minimum absolute atomic E-state index is 0.0446. The number of aliphatic carboxylic acids is 1. The van der Waals surface area contributed by atoms with Gasteiger partial charge in [0.2, 0.25) is 6.10 Å². The minimum atomic E-state index is -0.854. The monoisotopic (exact) mass is 630 g/mol. The van der Waals surface area contributed by atoms with Gasteiger partial charge in [-0.15, -0.1) is 0 Å². The van der Waals surface area contributed by atoms with Crippen LogP contribution in [-0.4, -0.2) is 35.0 Å². The van der Waals surface area contributed by atoms with Crippen LogP contribution in [0, 0.1) is 0 Å². The van der Waals surface area contributed by atoms with Gasteiger partial charge >= 0.3 is 5.97 Å². The summed E-state index contributed by atoms with van der Waals surface area (Å²) in [4.78, 5) is 29.6. The van der Waals surface area contributed by atoms with E-state index < -0.39 is 18.1 Å². The fourth-order valence-corrected chi connectivity index (χ4v) is 6.41. The van der Waals surface area contributed by atoms with Gasteiger partial charge in [-0.1, -0.05) is 78.7 Å². The van der Waals surface area contributed by atoms with Gasteiger partial charge in [0.25, 0.3) is 5.91 Å². The Kier molecular flexibility index (Phi) is 8.54. The van der Waals surface area contributed by atoms with E-state index in [-0.39, 0.29) is 11.9 Å². The molecule has 0 spiro atoms. The summed E-state index contributed by atoms with van der Waals surface area (Å²) in [7, 11) is 1.73. The van der Waals surface area contributed by atoms with Crippen molar-refractivity contribution in [3.8, 4) is 11.5 Å². The first-order valence-electron chi connectivity index (χ1n) is 14.5. The third kappa shape index (κ3) is 5.87. The molecule has 6 rings (SSSR count). The molecule has 0 saturated heterocycles. The van der Waals surface area contributed by atoms with Crippen molar-refractivity contribution in [2.75, 3.05) is 11.9 Å². The first-order valence-corrected chi connectivity index (χ1v) is 15.3. The van der Waals surface area contributed by atoms with Crippen LogP contribution in [0.5, 0.6) is 11.5 Å². The number of carbonyl (C=O) groups is 2. The predicted molar refractivity (Wildman–Crippen MR) is 171 cm³/mol. The number of hydrogen-bond donors (Lipinski definition) is 1. The van der Waals surface area contributed by atoms with E-state index in [1.165, 1.54) is 0 Å². The van der Waals surface area contributed by atoms with Crippen LogP contribution in [0.1, 0.15) is 53.3 Å². The number of ether oxygens (including phenoxy) is 2. The third-order valence-electron chi connectivity index (χ3n) is 8.44. The standard InChI is InChI=1S/C35H32Cl2N2O5/c1-3-29(22-7-5-4-6-8-22)39-19-25-18-32-30(16-24(25)17-31(39)35(41)42)38(2)34(40)33(44-32)23-10-12-26(13-11-23)43-20-21-9-14-27(36)28(37)15-21/h4-16,18,29,31,33H,3,17,19-20H2,1-2H3,(H,41,42)/t29-,31?,33-/m0/s1. The Balaban J connectivity index is 1.23. The van der Waals surface area contributed by atoms with E-state index in [4.69, 9.17) is 32.7 Å². The van der Waals surface area contributed by atoms with Crippen LogP contribution in [-0.2, 0) is 29.2 Å². The molecule has 2 aliphatic heterocycles. The molecule has 226 valence electrons. The van der Waals surface area contributed by atoms with Gasteiger partial charge in [0, 0.05) is 25.2 Å². The molecule has 4 aromatic carbocycles. The van der Waals surface area contributed by atoms with Crippen LogP contribution in [0.25, 0.3) is 0 Å². The number of benzene rings is 4. The van der Waals surface area contributed by atoms with Gasteiger partial charge in [0.05, 0.1) is 15.7 Å². The van der Waals surface area contributed by atoms with Crippen molar-refractivity contribution in [2.45, 2.75) is 51.1 Å². The van der Waals surface area contributed by atoms with E-state index in [1.807, 2.05) is 72.8 Å². The minimum Gasteiger partial charge on any atom is -0.489 e. The lowest BCUT2D eigenvalue weighted by Crippen LogP contribution is -2.47. The van der Waals surface area contributed by atoms with Gasteiger partial charge in [-0.25, -0.2) is 0 Å². The second-order valence-electron chi connectivity index (χ2n) is 11.2. The largest absolute Gasteiger partial charge is 0.489 e. The van der Waals surface area contributed by atoms with E-state index in [9.17, 15) is 14.7 Å². The lowest BCUT2D eigenvalue weighted by molar-refractivity contribution is -0.145. The first kappa shape index (κ1) is 30.0. The molecule has 9 heteroatoms. The highest BCUT2D eigenvalue weighted by Crippen LogP contribution is 2.43. The van der Waals surface area contributed by atoms with Gasteiger partial charge in [-0.2, -0.15) is 0 Å². The fraction of sp³-hybridized carbons (Fsp3) is 0.257. The number of hydrogen-bond acceptors (Lipinski definition) is 5. The number of amides is 1. The maximum Gasteiger partial charge on any atom is 0.321 e. The zero-order valence-corrected chi connectivity index (χ0v) is 25.9. The molecular weight excluding hydrogens is 599 g/mol. The summed E-state index contributed by atoms with van der Waals surface area (Å²) in [5, 5.41) is 11.2. The molecule has 1 unspecified atom stereocenters. The molecule has 0 aliphatic carbocycles. The molecule has 1 N–H and O–H groups in total. The highest BCUT2D eigenvalue weighted by Gasteiger charge is 2.39. The summed E-state index contributed by atoms with van der Waals surface area (Å²) < 4.78 is 12.3. The summed E-state index contributed by atoms with van der Waals surface area (Å²) in [6.07, 6.45) is 0.293. The summed E-state index contributed by atoms with van der Waals surface area (Å²) in [6.45, 7) is 2.86. The molecule has 0 fully saturated rings. The zero-order chi connectivity index (χ0) is 31.0. The molecule has 4 aromatic rings. The maximum atomic E-state index is 13.5. The molecule has 7 nitrogen and oxygen atoms in total. The van der Waals surface area contributed by atoms with Crippen molar-refractivity contribution in [2.24, 2.45) is 0 Å². The molecule has 0 bridgehead atoms. The van der Waals surface area contributed by atoms with Crippen LogP contribution in [0.15, 0.2) is 84.9 Å². The van der Waals surface area contributed by atoms with Gasteiger partial charge in [-0.3, -0.25) is 14.5 Å². The number of carbonyl (C=O) groups excluding carboxylic acids is 1. The molecule has 2 heterocycles. The van der Waals surface area contributed by atoms with Crippen molar-refractivity contribution in [3.05, 3.63) is 123 Å². The Hall–Kier alpha value is -4.04. The highest BCUT2D eigenvalue weighted by molar-refractivity contribution is 6.42. The van der Waals surface area contributed by atoms with Gasteiger partial charge in [-0.05, 0) is 71.5 Å². The Labute approximate surface area is 266 Å². The summed E-state index contributed by atoms with van der Waals surface area (Å²) >= 11 is 12.1. The quantitative estimate of drug-likeness (QED) is 0.216. The normalized spacial score (nSPS) is 18.6. The van der Waals surface area contributed by atoms with Crippen LogP contribution in [0.4, 0.5) is 5.69 Å². The maximum absolute atomic E-state index is 13.5. The number of carboxylic acids is 1. The average Bonchev–Trinajstić information content (AvgIpc) is 3.03. The van der Waals surface area contributed by atoms with Crippen molar-refractivity contribution in [1.82, 2.24) is 4.90 Å². The number of fused-ring (bicyclic) bond motifs is 2. The van der Waals surface area contributed by atoms with Crippen molar-refractivity contribution in [3.63, 3.8) is 0 Å². The van der Waals surface area contributed by atoms with Gasteiger partial charge in [0.15, 0.2) is 0 Å². The molecule has 3 atom stereocenters. The molecule has 0 radical (unpaired) electrons. The third-order valence-corrected chi connectivity index (χ3v) is 9.18. The number of nitrogens with zero attached hydrogens (tertiary/aromatic N) is 2. The topological polar surface area (TPSA) is 79.3 Å². The number of likely N-dealkylation sites (N-methyl/N-ethyl adjacent to an activating group) is 1. The van der Waals surface area contributed by atoms with Crippen LogP contribution in [0.2, 0.25) is 10.0 Å². The fourth-order valence-electron chi connectivity index (χ4n) is 6.09. The van der Waals surface area contributed by atoms with E-state index in [0.29, 0.717) is 52.4 Å². The summed E-state index contributed by atoms with van der Waals surface area (Å²) in [5.74, 6) is 0.178. The van der Waals surface area contributed by atoms with Crippen molar-refractivity contribution < 1.29 is 24.2 Å². The van der Waals surface area contributed by atoms with E-state index >= 15 is 0 Å². The highest BCUT2D eigenvalue weighted by atomic mass is 35.5. The number of rotatable bonds is 8. The Bertz CT molecular complexity index is 1700. The van der Waals surface area contributed by atoms with E-state index in [2.05, 4.69) is 11.8 Å². The molecule has 2 aliphatic rings. The Morgan fingerprint density at radius 3 is 2.43 bits per heavy atom. The number of halogens is 2. The summed E-state index contributed by atoms with van der Waals surface area (Å²) in [5.41, 5.74) is 5.24.